The van der Waals surface area contributed by atoms with Crippen LogP contribution in [0.25, 0.3) is 0 Å². The van der Waals surface area contributed by atoms with E-state index in [9.17, 15) is 4.39 Å². The first-order valence-corrected chi connectivity index (χ1v) is 6.33. The van der Waals surface area contributed by atoms with Crippen LogP contribution in [0, 0.1) is 17.7 Å². The van der Waals surface area contributed by atoms with Gasteiger partial charge in [-0.3, -0.25) is 0 Å². The maximum absolute atomic E-state index is 13.6. The normalized spacial score (nSPS) is 20.2. The maximum atomic E-state index is 13.6. The Morgan fingerprint density at radius 1 is 1.19 bits per heavy atom. The number of halogens is 2. The van der Waals surface area contributed by atoms with Crippen LogP contribution in [0.5, 0.6) is 0 Å². The molecule has 1 aromatic rings. The van der Waals surface area contributed by atoms with Crippen molar-refractivity contribution >= 4 is 17.3 Å². The molecule has 0 aromatic heterocycles. The second-order valence-corrected chi connectivity index (χ2v) is 5.41. The molecule has 2 saturated carbocycles. The fourth-order valence-electron chi connectivity index (χ4n) is 2.32. The van der Waals surface area contributed by atoms with E-state index in [4.69, 9.17) is 11.6 Å². The first-order valence-electron chi connectivity index (χ1n) is 5.95. The van der Waals surface area contributed by atoms with Gasteiger partial charge >= 0.3 is 0 Å². The second-order valence-electron chi connectivity index (χ2n) is 4.97. The predicted molar refractivity (Wildman–Crippen MR) is 64.3 cm³/mol. The summed E-state index contributed by atoms with van der Waals surface area (Å²) in [5, 5.41) is 3.82. The molecule has 86 valence electrons. The number of hydrogen-bond donors (Lipinski definition) is 1. The van der Waals surface area contributed by atoms with Crippen molar-refractivity contribution in [1.82, 2.24) is 0 Å². The van der Waals surface area contributed by atoms with Crippen LogP contribution in [0.3, 0.4) is 0 Å². The molecule has 0 aliphatic heterocycles. The van der Waals surface area contributed by atoms with Crippen molar-refractivity contribution in [3.05, 3.63) is 29.0 Å². The molecule has 1 aromatic carbocycles. The van der Waals surface area contributed by atoms with Gasteiger partial charge in [0.25, 0.3) is 0 Å². The molecular formula is C13H15ClFN. The lowest BCUT2D eigenvalue weighted by Gasteiger charge is -2.19. The minimum Gasteiger partial charge on any atom is -0.379 e. The van der Waals surface area contributed by atoms with Crippen molar-refractivity contribution < 1.29 is 4.39 Å². The van der Waals surface area contributed by atoms with Crippen LogP contribution in [0.1, 0.15) is 25.7 Å². The lowest BCUT2D eigenvalue weighted by atomic mass is 10.1. The average Bonchev–Trinajstić information content (AvgIpc) is 3.11. The summed E-state index contributed by atoms with van der Waals surface area (Å²) in [4.78, 5) is 0. The van der Waals surface area contributed by atoms with Crippen molar-refractivity contribution in [2.75, 3.05) is 5.32 Å². The summed E-state index contributed by atoms with van der Waals surface area (Å²) in [7, 11) is 0. The molecule has 0 saturated heterocycles. The quantitative estimate of drug-likeness (QED) is 0.835. The van der Waals surface area contributed by atoms with Crippen LogP contribution in [-0.4, -0.2) is 6.04 Å². The van der Waals surface area contributed by atoms with Gasteiger partial charge in [-0.25, -0.2) is 4.39 Å². The van der Waals surface area contributed by atoms with Crippen LogP contribution in [0.4, 0.5) is 10.1 Å². The molecule has 3 rings (SSSR count). The van der Waals surface area contributed by atoms with Crippen LogP contribution in [0.15, 0.2) is 18.2 Å². The van der Waals surface area contributed by atoms with E-state index >= 15 is 0 Å². The fraction of sp³-hybridized carbons (Fsp3) is 0.538. The second kappa shape index (κ2) is 3.92. The van der Waals surface area contributed by atoms with Gasteiger partial charge in [-0.05, 0) is 55.7 Å². The minimum absolute atomic E-state index is 0.237. The Labute approximate surface area is 100.0 Å². The van der Waals surface area contributed by atoms with Crippen molar-refractivity contribution in [2.45, 2.75) is 31.7 Å². The lowest BCUT2D eigenvalue weighted by molar-refractivity contribution is 0.557. The van der Waals surface area contributed by atoms with E-state index in [1.807, 2.05) is 0 Å². The molecule has 2 fully saturated rings. The third-order valence-electron chi connectivity index (χ3n) is 3.51. The third-order valence-corrected chi connectivity index (χ3v) is 3.75. The highest BCUT2D eigenvalue weighted by Gasteiger charge is 2.41. The molecule has 16 heavy (non-hydrogen) atoms. The summed E-state index contributed by atoms with van der Waals surface area (Å²) in [5.74, 6) is 1.30. The third kappa shape index (κ3) is 2.17. The smallest absolute Gasteiger partial charge is 0.147 e. The molecule has 2 aliphatic carbocycles. The minimum atomic E-state index is -0.237. The summed E-state index contributed by atoms with van der Waals surface area (Å²) in [6, 6.07) is 5.34. The van der Waals surface area contributed by atoms with Gasteiger partial charge in [0.05, 0.1) is 5.69 Å². The Morgan fingerprint density at radius 3 is 2.31 bits per heavy atom. The SMILES string of the molecule is Fc1cc(Cl)ccc1NC(C1CC1)C1CC1. The largest absolute Gasteiger partial charge is 0.379 e. The van der Waals surface area contributed by atoms with Crippen molar-refractivity contribution in [1.29, 1.82) is 0 Å². The molecule has 0 unspecified atom stereocenters. The summed E-state index contributed by atoms with van der Waals surface area (Å²) in [6.07, 6.45) is 5.18. The molecule has 2 aliphatic rings. The average molecular weight is 240 g/mol. The zero-order chi connectivity index (χ0) is 11.1. The van der Waals surface area contributed by atoms with Gasteiger partial charge in [0.15, 0.2) is 0 Å². The molecule has 0 radical (unpaired) electrons. The Kier molecular flexibility index (Phi) is 2.55. The standard InChI is InChI=1S/C13H15ClFN/c14-10-5-6-12(11(15)7-10)16-13(8-1-2-8)9-3-4-9/h5-9,13,16H,1-4H2. The highest BCUT2D eigenvalue weighted by atomic mass is 35.5. The number of nitrogens with one attached hydrogen (secondary N) is 1. The van der Waals surface area contributed by atoms with Crippen LogP contribution in [-0.2, 0) is 0 Å². The van der Waals surface area contributed by atoms with Gasteiger partial charge in [0, 0.05) is 11.1 Å². The topological polar surface area (TPSA) is 12.0 Å². The van der Waals surface area contributed by atoms with E-state index in [1.165, 1.54) is 31.7 Å². The summed E-state index contributed by atoms with van der Waals surface area (Å²) < 4.78 is 13.6. The summed E-state index contributed by atoms with van der Waals surface area (Å²) in [5.41, 5.74) is 0.605. The van der Waals surface area contributed by atoms with Crippen LogP contribution >= 0.6 is 11.6 Å². The molecule has 3 heteroatoms. The van der Waals surface area contributed by atoms with E-state index in [0.29, 0.717) is 16.8 Å². The zero-order valence-electron chi connectivity index (χ0n) is 9.05. The fourth-order valence-corrected chi connectivity index (χ4v) is 2.48. The van der Waals surface area contributed by atoms with Crippen molar-refractivity contribution in [3.8, 4) is 0 Å². The van der Waals surface area contributed by atoms with Gasteiger partial charge < -0.3 is 5.32 Å². The van der Waals surface area contributed by atoms with Gasteiger partial charge in [-0.2, -0.15) is 0 Å². The predicted octanol–water partition coefficient (Wildman–Crippen LogP) is 4.08. The molecule has 0 heterocycles. The Hall–Kier alpha value is -0.760. The highest BCUT2D eigenvalue weighted by molar-refractivity contribution is 6.30. The van der Waals surface area contributed by atoms with Crippen molar-refractivity contribution in [3.63, 3.8) is 0 Å². The van der Waals surface area contributed by atoms with Gasteiger partial charge in [0.1, 0.15) is 5.82 Å². The number of anilines is 1. The first-order chi connectivity index (χ1) is 7.74. The van der Waals surface area contributed by atoms with E-state index in [2.05, 4.69) is 5.32 Å². The van der Waals surface area contributed by atoms with E-state index in [0.717, 1.165) is 11.8 Å². The van der Waals surface area contributed by atoms with Gasteiger partial charge in [-0.15, -0.1) is 0 Å². The summed E-state index contributed by atoms with van der Waals surface area (Å²) >= 11 is 5.74. The molecule has 0 spiro atoms. The number of benzene rings is 1. The van der Waals surface area contributed by atoms with Gasteiger partial charge in [-0.1, -0.05) is 11.6 Å². The van der Waals surface area contributed by atoms with Crippen LogP contribution < -0.4 is 5.32 Å². The number of rotatable bonds is 4. The molecule has 0 amide bonds. The van der Waals surface area contributed by atoms with E-state index in [1.54, 1.807) is 12.1 Å². The van der Waals surface area contributed by atoms with E-state index in [-0.39, 0.29) is 5.82 Å². The Bertz CT molecular complexity index is 387. The summed E-state index contributed by atoms with van der Waals surface area (Å²) in [6.45, 7) is 0. The zero-order valence-corrected chi connectivity index (χ0v) is 9.80. The Balaban J connectivity index is 1.76. The lowest BCUT2D eigenvalue weighted by Crippen LogP contribution is -2.24. The van der Waals surface area contributed by atoms with Crippen LogP contribution in [0.2, 0.25) is 5.02 Å². The first kappa shape index (κ1) is 10.4. The molecular weight excluding hydrogens is 225 g/mol. The molecule has 1 N–H and O–H groups in total. The van der Waals surface area contributed by atoms with Gasteiger partial charge in [0.2, 0.25) is 0 Å². The molecule has 0 atom stereocenters. The molecule has 0 bridgehead atoms. The maximum Gasteiger partial charge on any atom is 0.147 e. The van der Waals surface area contributed by atoms with E-state index < -0.39 is 0 Å². The monoisotopic (exact) mass is 239 g/mol. The van der Waals surface area contributed by atoms with Crippen molar-refractivity contribution in [2.24, 2.45) is 11.8 Å². The number of hydrogen-bond acceptors (Lipinski definition) is 1. The highest BCUT2D eigenvalue weighted by Crippen LogP contribution is 2.46. The molecule has 1 nitrogen and oxygen atoms in total. The Morgan fingerprint density at radius 2 is 1.81 bits per heavy atom.